The summed E-state index contributed by atoms with van der Waals surface area (Å²) in [5, 5.41) is 10.5. The van der Waals surface area contributed by atoms with Gasteiger partial charge in [-0.2, -0.15) is 0 Å². The fourth-order valence-electron chi connectivity index (χ4n) is 1.87. The van der Waals surface area contributed by atoms with Crippen molar-refractivity contribution in [3.05, 3.63) is 5.51 Å². The smallest absolute Gasteiger partial charge is 0.231 e. The molecule has 1 aromatic heterocycles. The zero-order chi connectivity index (χ0) is 12.3. The van der Waals surface area contributed by atoms with Gasteiger partial charge in [-0.1, -0.05) is 18.3 Å². The first kappa shape index (κ1) is 12.0. The number of nitrogens with one attached hydrogen (secondary N) is 1. The van der Waals surface area contributed by atoms with Gasteiger partial charge in [-0.05, 0) is 6.42 Å². The third-order valence-corrected chi connectivity index (χ3v) is 3.28. The van der Waals surface area contributed by atoms with Gasteiger partial charge in [0.25, 0.3) is 0 Å². The van der Waals surface area contributed by atoms with Crippen LogP contribution < -0.4 is 5.32 Å². The molecule has 0 aliphatic carbocycles. The molecule has 1 saturated heterocycles. The standard InChI is InChI=1S/C10H14N4O2S/c1-2-3-14-5-7(4-8(14)15)9(16)12-10-13-11-6-17-10/h6-7H,2-5H2,1H3,(H,12,13,16)/t7-/m0/s1. The Balaban J connectivity index is 1.91. The van der Waals surface area contributed by atoms with E-state index in [4.69, 9.17) is 0 Å². The molecule has 1 N–H and O–H groups in total. The molecular weight excluding hydrogens is 240 g/mol. The lowest BCUT2D eigenvalue weighted by Crippen LogP contribution is -2.28. The zero-order valence-electron chi connectivity index (χ0n) is 9.55. The number of amides is 2. The van der Waals surface area contributed by atoms with E-state index in [-0.39, 0.29) is 17.7 Å². The van der Waals surface area contributed by atoms with Crippen LogP contribution in [0.5, 0.6) is 0 Å². The van der Waals surface area contributed by atoms with Crippen molar-refractivity contribution in [1.82, 2.24) is 15.1 Å². The summed E-state index contributed by atoms with van der Waals surface area (Å²) in [5.74, 6) is -0.351. The molecule has 0 bridgehead atoms. The zero-order valence-corrected chi connectivity index (χ0v) is 10.4. The van der Waals surface area contributed by atoms with Crippen molar-refractivity contribution in [2.45, 2.75) is 19.8 Å². The molecule has 92 valence electrons. The second-order valence-electron chi connectivity index (χ2n) is 3.97. The molecule has 6 nitrogen and oxygen atoms in total. The Bertz CT molecular complexity index is 406. The van der Waals surface area contributed by atoms with Crippen LogP contribution in [0.15, 0.2) is 5.51 Å². The SMILES string of the molecule is CCCN1C[C@@H](C(=O)Nc2nncs2)CC1=O. The lowest BCUT2D eigenvalue weighted by Gasteiger charge is -2.14. The molecule has 1 fully saturated rings. The van der Waals surface area contributed by atoms with Crippen molar-refractivity contribution in [1.29, 1.82) is 0 Å². The van der Waals surface area contributed by atoms with E-state index in [1.807, 2.05) is 6.92 Å². The van der Waals surface area contributed by atoms with E-state index in [1.165, 1.54) is 11.3 Å². The topological polar surface area (TPSA) is 75.2 Å². The number of anilines is 1. The molecule has 2 rings (SSSR count). The maximum absolute atomic E-state index is 11.9. The Labute approximate surface area is 103 Å². The van der Waals surface area contributed by atoms with Gasteiger partial charge >= 0.3 is 0 Å². The lowest BCUT2D eigenvalue weighted by molar-refractivity contribution is -0.128. The number of likely N-dealkylation sites (tertiary alicyclic amines) is 1. The van der Waals surface area contributed by atoms with Crippen molar-refractivity contribution in [3.63, 3.8) is 0 Å². The third kappa shape index (κ3) is 2.79. The largest absolute Gasteiger partial charge is 0.342 e. The fourth-order valence-corrected chi connectivity index (χ4v) is 2.32. The summed E-state index contributed by atoms with van der Waals surface area (Å²) >= 11 is 1.27. The first-order valence-electron chi connectivity index (χ1n) is 5.55. The summed E-state index contributed by atoms with van der Waals surface area (Å²) in [4.78, 5) is 25.2. The molecule has 17 heavy (non-hydrogen) atoms. The molecule has 7 heteroatoms. The molecule has 1 aromatic rings. The molecule has 0 spiro atoms. The van der Waals surface area contributed by atoms with Crippen LogP contribution in [0.4, 0.5) is 5.13 Å². The molecule has 2 heterocycles. The van der Waals surface area contributed by atoms with Crippen LogP contribution in [0.2, 0.25) is 0 Å². The monoisotopic (exact) mass is 254 g/mol. The van der Waals surface area contributed by atoms with Gasteiger partial charge in [0.05, 0.1) is 5.92 Å². The Morgan fingerprint density at radius 3 is 3.18 bits per heavy atom. The van der Waals surface area contributed by atoms with Crippen LogP contribution in [0, 0.1) is 5.92 Å². The lowest BCUT2D eigenvalue weighted by atomic mass is 10.1. The highest BCUT2D eigenvalue weighted by atomic mass is 32.1. The van der Waals surface area contributed by atoms with Gasteiger partial charge in [0.1, 0.15) is 5.51 Å². The van der Waals surface area contributed by atoms with E-state index in [0.717, 1.165) is 13.0 Å². The molecule has 2 amide bonds. The van der Waals surface area contributed by atoms with Crippen LogP contribution in [0.3, 0.4) is 0 Å². The van der Waals surface area contributed by atoms with E-state index in [1.54, 1.807) is 10.4 Å². The van der Waals surface area contributed by atoms with E-state index in [0.29, 0.717) is 18.1 Å². The summed E-state index contributed by atoms with van der Waals surface area (Å²) in [6, 6.07) is 0. The highest BCUT2D eigenvalue weighted by molar-refractivity contribution is 7.13. The van der Waals surface area contributed by atoms with Crippen molar-refractivity contribution in [2.24, 2.45) is 5.92 Å². The van der Waals surface area contributed by atoms with Crippen molar-refractivity contribution >= 4 is 28.3 Å². The fraction of sp³-hybridized carbons (Fsp3) is 0.600. The van der Waals surface area contributed by atoms with Crippen molar-refractivity contribution in [3.8, 4) is 0 Å². The molecule has 1 aliphatic rings. The maximum atomic E-state index is 11.9. The molecule has 0 radical (unpaired) electrons. The summed E-state index contributed by atoms with van der Waals surface area (Å²) in [6.07, 6.45) is 1.21. The van der Waals surface area contributed by atoms with Crippen molar-refractivity contribution in [2.75, 3.05) is 18.4 Å². The molecule has 0 aromatic carbocycles. The predicted octanol–water partition coefficient (Wildman–Crippen LogP) is 0.735. The first-order chi connectivity index (χ1) is 8.20. The minimum Gasteiger partial charge on any atom is -0.342 e. The number of hydrogen-bond acceptors (Lipinski definition) is 5. The summed E-state index contributed by atoms with van der Waals surface area (Å²) in [7, 11) is 0. The van der Waals surface area contributed by atoms with Gasteiger partial charge in [0.15, 0.2) is 0 Å². The maximum Gasteiger partial charge on any atom is 0.231 e. The van der Waals surface area contributed by atoms with Crippen LogP contribution >= 0.6 is 11.3 Å². The second-order valence-corrected chi connectivity index (χ2v) is 4.81. The number of aromatic nitrogens is 2. The summed E-state index contributed by atoms with van der Waals surface area (Å²) in [6.45, 7) is 3.25. The van der Waals surface area contributed by atoms with Gasteiger partial charge in [-0.15, -0.1) is 10.2 Å². The summed E-state index contributed by atoms with van der Waals surface area (Å²) in [5.41, 5.74) is 1.55. The number of carbonyl (C=O) groups is 2. The Kier molecular flexibility index (Phi) is 3.68. The highest BCUT2D eigenvalue weighted by Crippen LogP contribution is 2.20. The van der Waals surface area contributed by atoms with Gasteiger partial charge in [0.2, 0.25) is 16.9 Å². The number of hydrogen-bond donors (Lipinski definition) is 1. The van der Waals surface area contributed by atoms with Crippen LogP contribution in [0.25, 0.3) is 0 Å². The van der Waals surface area contributed by atoms with Crippen LogP contribution in [-0.4, -0.2) is 40.0 Å². The normalized spacial score (nSPS) is 19.7. The number of rotatable bonds is 4. The van der Waals surface area contributed by atoms with Gasteiger partial charge in [0, 0.05) is 19.5 Å². The Morgan fingerprint density at radius 2 is 2.53 bits per heavy atom. The van der Waals surface area contributed by atoms with Crippen LogP contribution in [0.1, 0.15) is 19.8 Å². The number of nitrogens with zero attached hydrogens (tertiary/aromatic N) is 3. The van der Waals surface area contributed by atoms with Gasteiger partial charge in [-0.25, -0.2) is 0 Å². The molecule has 0 unspecified atom stereocenters. The number of carbonyl (C=O) groups excluding carboxylic acids is 2. The van der Waals surface area contributed by atoms with E-state index >= 15 is 0 Å². The Hall–Kier alpha value is -1.50. The molecule has 0 saturated carbocycles. The average Bonchev–Trinajstić information content (AvgIpc) is 2.90. The van der Waals surface area contributed by atoms with E-state index < -0.39 is 0 Å². The third-order valence-electron chi connectivity index (χ3n) is 2.67. The highest BCUT2D eigenvalue weighted by Gasteiger charge is 2.33. The minimum absolute atomic E-state index is 0.0595. The molecule has 1 aliphatic heterocycles. The average molecular weight is 254 g/mol. The second kappa shape index (κ2) is 5.22. The Morgan fingerprint density at radius 1 is 1.71 bits per heavy atom. The van der Waals surface area contributed by atoms with E-state index in [2.05, 4.69) is 15.5 Å². The molecular formula is C10H14N4O2S. The van der Waals surface area contributed by atoms with Crippen LogP contribution in [-0.2, 0) is 9.59 Å². The van der Waals surface area contributed by atoms with Crippen molar-refractivity contribution < 1.29 is 9.59 Å². The van der Waals surface area contributed by atoms with Gasteiger partial charge < -0.3 is 10.2 Å². The minimum atomic E-state index is -0.266. The summed E-state index contributed by atoms with van der Waals surface area (Å²) < 4.78 is 0. The first-order valence-corrected chi connectivity index (χ1v) is 6.43. The molecule has 1 atom stereocenters. The van der Waals surface area contributed by atoms with E-state index in [9.17, 15) is 9.59 Å². The van der Waals surface area contributed by atoms with Gasteiger partial charge in [-0.3, -0.25) is 9.59 Å². The predicted molar refractivity (Wildman–Crippen MR) is 63.5 cm³/mol. The quantitative estimate of drug-likeness (QED) is 0.859.